The SMILES string of the molecule is C[C@@H]1C[C@H](O)c2ccccc2S1. The number of aliphatic hydroxyl groups excluding tert-OH is 1. The molecule has 0 saturated heterocycles. The maximum atomic E-state index is 9.72. The molecule has 0 saturated carbocycles. The number of thioether (sulfide) groups is 1. The van der Waals surface area contributed by atoms with Gasteiger partial charge < -0.3 is 5.11 Å². The highest BCUT2D eigenvalue weighted by atomic mass is 32.2. The van der Waals surface area contributed by atoms with E-state index in [-0.39, 0.29) is 6.10 Å². The maximum Gasteiger partial charge on any atom is 0.0811 e. The first-order valence-corrected chi connectivity index (χ1v) is 5.09. The lowest BCUT2D eigenvalue weighted by Gasteiger charge is -2.25. The van der Waals surface area contributed by atoms with Crippen LogP contribution in [0.1, 0.15) is 25.0 Å². The van der Waals surface area contributed by atoms with Crippen molar-refractivity contribution in [1.29, 1.82) is 0 Å². The van der Waals surface area contributed by atoms with Crippen LogP contribution < -0.4 is 0 Å². The number of aliphatic hydroxyl groups is 1. The van der Waals surface area contributed by atoms with E-state index in [0.29, 0.717) is 5.25 Å². The van der Waals surface area contributed by atoms with Gasteiger partial charge in [0.15, 0.2) is 0 Å². The van der Waals surface area contributed by atoms with E-state index >= 15 is 0 Å². The van der Waals surface area contributed by atoms with Crippen LogP contribution in [0.15, 0.2) is 29.2 Å². The van der Waals surface area contributed by atoms with Crippen LogP contribution in [0.3, 0.4) is 0 Å². The van der Waals surface area contributed by atoms with Crippen molar-refractivity contribution in [2.75, 3.05) is 0 Å². The van der Waals surface area contributed by atoms with E-state index in [1.54, 1.807) is 0 Å². The first-order valence-electron chi connectivity index (χ1n) is 4.21. The molecule has 1 heterocycles. The fraction of sp³-hybridized carbons (Fsp3) is 0.400. The van der Waals surface area contributed by atoms with Crippen LogP contribution >= 0.6 is 11.8 Å². The van der Waals surface area contributed by atoms with Gasteiger partial charge in [-0.2, -0.15) is 0 Å². The van der Waals surface area contributed by atoms with Gasteiger partial charge in [-0.1, -0.05) is 25.1 Å². The molecule has 1 aliphatic heterocycles. The molecule has 1 aliphatic rings. The summed E-state index contributed by atoms with van der Waals surface area (Å²) in [7, 11) is 0. The van der Waals surface area contributed by atoms with E-state index in [1.807, 2.05) is 30.0 Å². The Labute approximate surface area is 76.8 Å². The van der Waals surface area contributed by atoms with E-state index in [1.165, 1.54) is 4.90 Å². The van der Waals surface area contributed by atoms with Crippen LogP contribution in [0.5, 0.6) is 0 Å². The zero-order valence-electron chi connectivity index (χ0n) is 7.03. The Balaban J connectivity index is 2.40. The molecule has 0 fully saturated rings. The Kier molecular flexibility index (Phi) is 2.11. The summed E-state index contributed by atoms with van der Waals surface area (Å²) in [6.45, 7) is 2.16. The molecular formula is C10H12OS. The molecule has 0 bridgehead atoms. The van der Waals surface area contributed by atoms with Crippen LogP contribution in [0, 0.1) is 0 Å². The summed E-state index contributed by atoms with van der Waals surface area (Å²) in [5, 5.41) is 10.3. The molecule has 64 valence electrons. The third-order valence-electron chi connectivity index (χ3n) is 2.16. The lowest BCUT2D eigenvalue weighted by atomic mass is 10.0. The normalized spacial score (nSPS) is 28.2. The van der Waals surface area contributed by atoms with Gasteiger partial charge in [0.1, 0.15) is 0 Å². The summed E-state index contributed by atoms with van der Waals surface area (Å²) in [6, 6.07) is 8.10. The summed E-state index contributed by atoms with van der Waals surface area (Å²) in [5.41, 5.74) is 1.10. The van der Waals surface area contributed by atoms with Gasteiger partial charge in [0, 0.05) is 10.1 Å². The van der Waals surface area contributed by atoms with Gasteiger partial charge in [0.2, 0.25) is 0 Å². The minimum Gasteiger partial charge on any atom is -0.388 e. The van der Waals surface area contributed by atoms with E-state index in [4.69, 9.17) is 0 Å². The van der Waals surface area contributed by atoms with Crippen LogP contribution in [0.4, 0.5) is 0 Å². The molecule has 0 aromatic heterocycles. The van der Waals surface area contributed by atoms with Crippen LogP contribution in [0.25, 0.3) is 0 Å². The van der Waals surface area contributed by atoms with Crippen molar-refractivity contribution in [1.82, 2.24) is 0 Å². The topological polar surface area (TPSA) is 20.2 Å². The van der Waals surface area contributed by atoms with Crippen molar-refractivity contribution < 1.29 is 5.11 Å². The lowest BCUT2D eigenvalue weighted by Crippen LogP contribution is -2.12. The van der Waals surface area contributed by atoms with Gasteiger partial charge >= 0.3 is 0 Å². The molecule has 1 aromatic rings. The van der Waals surface area contributed by atoms with Crippen molar-refractivity contribution in [3.63, 3.8) is 0 Å². The van der Waals surface area contributed by atoms with Gasteiger partial charge in [0.05, 0.1) is 6.10 Å². The Hall–Kier alpha value is -0.470. The quantitative estimate of drug-likeness (QED) is 0.662. The van der Waals surface area contributed by atoms with E-state index in [2.05, 4.69) is 13.0 Å². The van der Waals surface area contributed by atoms with Crippen molar-refractivity contribution in [2.45, 2.75) is 29.6 Å². The van der Waals surface area contributed by atoms with Gasteiger partial charge in [-0.3, -0.25) is 0 Å². The molecular weight excluding hydrogens is 168 g/mol. The maximum absolute atomic E-state index is 9.72. The number of hydrogen-bond donors (Lipinski definition) is 1. The molecule has 2 atom stereocenters. The number of fused-ring (bicyclic) bond motifs is 1. The molecule has 2 rings (SSSR count). The summed E-state index contributed by atoms with van der Waals surface area (Å²) < 4.78 is 0. The third kappa shape index (κ3) is 1.37. The summed E-state index contributed by atoms with van der Waals surface area (Å²) in [4.78, 5) is 1.24. The monoisotopic (exact) mass is 180 g/mol. The molecule has 0 amide bonds. The minimum atomic E-state index is -0.252. The average molecular weight is 180 g/mol. The highest BCUT2D eigenvalue weighted by Gasteiger charge is 2.22. The fourth-order valence-electron chi connectivity index (χ4n) is 1.57. The Morgan fingerprint density at radius 3 is 3.00 bits per heavy atom. The largest absolute Gasteiger partial charge is 0.388 e. The van der Waals surface area contributed by atoms with Crippen molar-refractivity contribution in [3.05, 3.63) is 29.8 Å². The smallest absolute Gasteiger partial charge is 0.0811 e. The highest BCUT2D eigenvalue weighted by molar-refractivity contribution is 8.00. The zero-order chi connectivity index (χ0) is 8.55. The molecule has 1 nitrogen and oxygen atoms in total. The molecule has 1 aromatic carbocycles. The predicted molar refractivity (Wildman–Crippen MR) is 51.3 cm³/mol. The second-order valence-electron chi connectivity index (χ2n) is 3.22. The average Bonchev–Trinajstić information content (AvgIpc) is 2.04. The Morgan fingerprint density at radius 1 is 1.42 bits per heavy atom. The first-order chi connectivity index (χ1) is 5.77. The molecule has 0 aliphatic carbocycles. The van der Waals surface area contributed by atoms with Gasteiger partial charge in [-0.25, -0.2) is 0 Å². The van der Waals surface area contributed by atoms with Crippen LogP contribution in [-0.4, -0.2) is 10.4 Å². The third-order valence-corrected chi connectivity index (χ3v) is 3.38. The summed E-state index contributed by atoms with van der Waals surface area (Å²) in [6.07, 6.45) is 0.624. The zero-order valence-corrected chi connectivity index (χ0v) is 7.84. The van der Waals surface area contributed by atoms with E-state index in [9.17, 15) is 5.11 Å². The highest BCUT2D eigenvalue weighted by Crippen LogP contribution is 2.39. The Morgan fingerprint density at radius 2 is 2.17 bits per heavy atom. The molecule has 0 radical (unpaired) electrons. The van der Waals surface area contributed by atoms with Crippen molar-refractivity contribution >= 4 is 11.8 Å². The number of rotatable bonds is 0. The number of hydrogen-bond acceptors (Lipinski definition) is 2. The summed E-state index contributed by atoms with van der Waals surface area (Å²) in [5.74, 6) is 0. The Bertz CT molecular complexity index is 285. The van der Waals surface area contributed by atoms with Crippen LogP contribution in [-0.2, 0) is 0 Å². The minimum absolute atomic E-state index is 0.252. The first kappa shape index (κ1) is 8.14. The van der Waals surface area contributed by atoms with Gasteiger partial charge in [0.25, 0.3) is 0 Å². The van der Waals surface area contributed by atoms with Crippen molar-refractivity contribution in [3.8, 4) is 0 Å². The van der Waals surface area contributed by atoms with Crippen molar-refractivity contribution in [2.24, 2.45) is 0 Å². The molecule has 0 unspecified atom stereocenters. The van der Waals surface area contributed by atoms with E-state index in [0.717, 1.165) is 12.0 Å². The van der Waals surface area contributed by atoms with Gasteiger partial charge in [-0.15, -0.1) is 11.8 Å². The second kappa shape index (κ2) is 3.11. The van der Waals surface area contributed by atoms with E-state index < -0.39 is 0 Å². The predicted octanol–water partition coefficient (Wildman–Crippen LogP) is 2.60. The molecule has 0 spiro atoms. The summed E-state index contributed by atoms with van der Waals surface area (Å²) >= 11 is 1.86. The van der Waals surface area contributed by atoms with Gasteiger partial charge in [-0.05, 0) is 18.1 Å². The molecule has 12 heavy (non-hydrogen) atoms. The fourth-order valence-corrected chi connectivity index (χ4v) is 2.78. The molecule has 1 N–H and O–H groups in total. The van der Waals surface area contributed by atoms with Crippen LogP contribution in [0.2, 0.25) is 0 Å². The number of benzene rings is 1. The molecule has 2 heteroatoms. The lowest BCUT2D eigenvalue weighted by molar-refractivity contribution is 0.163. The second-order valence-corrected chi connectivity index (χ2v) is 4.70. The standard InChI is InChI=1S/C10H12OS/c1-7-6-9(11)8-4-2-3-5-10(8)12-7/h2-5,7,9,11H,6H2,1H3/t7-,9+/m1/s1.